The molecule has 0 saturated heterocycles. The maximum Gasteiger partial charge on any atom is 0.329 e. The maximum absolute atomic E-state index is 9.12. The average molecular weight is 108 g/mol. The van der Waals surface area contributed by atoms with E-state index in [1.165, 1.54) is 0 Å². The summed E-state index contributed by atoms with van der Waals surface area (Å²) in [6.07, 6.45) is 0. The summed E-state index contributed by atoms with van der Waals surface area (Å²) in [4.78, 5) is 9.12. The molecule has 7 heavy (non-hydrogen) atoms. The van der Waals surface area contributed by atoms with E-state index in [1.807, 2.05) is 0 Å². The molecule has 0 fully saturated rings. The van der Waals surface area contributed by atoms with Crippen molar-refractivity contribution in [2.75, 3.05) is 6.61 Å². The SMILES string of the molecule is C.C.O=C(O)CO. The van der Waals surface area contributed by atoms with Gasteiger partial charge in [-0.2, -0.15) is 0 Å². The minimum Gasteiger partial charge on any atom is -0.480 e. The van der Waals surface area contributed by atoms with Gasteiger partial charge in [0.05, 0.1) is 0 Å². The summed E-state index contributed by atoms with van der Waals surface area (Å²) >= 11 is 0. The highest BCUT2D eigenvalue weighted by Crippen LogP contribution is 1.48. The molecule has 0 aliphatic rings. The molecule has 0 bridgehead atoms. The molecular formula is C4H12O3. The lowest BCUT2D eigenvalue weighted by atomic mass is 10.8. The van der Waals surface area contributed by atoms with Gasteiger partial charge in [-0.25, -0.2) is 4.79 Å². The molecule has 2 N–H and O–H groups in total. The van der Waals surface area contributed by atoms with Gasteiger partial charge in [0.2, 0.25) is 0 Å². The van der Waals surface area contributed by atoms with Crippen molar-refractivity contribution in [1.82, 2.24) is 0 Å². The van der Waals surface area contributed by atoms with Crippen molar-refractivity contribution in [2.45, 2.75) is 14.9 Å². The van der Waals surface area contributed by atoms with E-state index in [1.54, 1.807) is 0 Å². The van der Waals surface area contributed by atoms with Crippen molar-refractivity contribution in [3.05, 3.63) is 0 Å². The smallest absolute Gasteiger partial charge is 0.329 e. The molecule has 0 heterocycles. The van der Waals surface area contributed by atoms with Gasteiger partial charge in [0, 0.05) is 0 Å². The van der Waals surface area contributed by atoms with Crippen LogP contribution in [0.2, 0.25) is 0 Å². The first-order valence-corrected chi connectivity index (χ1v) is 1.10. The molecule has 0 rings (SSSR count). The molecule has 3 nitrogen and oxygen atoms in total. The first kappa shape index (κ1) is 16.1. The highest BCUT2D eigenvalue weighted by Gasteiger charge is 1.82. The number of rotatable bonds is 1. The molecular weight excluding hydrogens is 96.0 g/mol. The molecule has 0 atom stereocenters. The van der Waals surface area contributed by atoms with Gasteiger partial charge in [0.25, 0.3) is 0 Å². The lowest BCUT2D eigenvalue weighted by molar-refractivity contribution is -0.140. The Balaban J connectivity index is -0.0000000800. The average Bonchev–Trinajstić information content (AvgIpc) is 1.38. The van der Waals surface area contributed by atoms with Crippen LogP contribution in [0.3, 0.4) is 0 Å². The highest BCUT2D eigenvalue weighted by atomic mass is 16.4. The van der Waals surface area contributed by atoms with E-state index >= 15 is 0 Å². The van der Waals surface area contributed by atoms with Gasteiger partial charge >= 0.3 is 5.97 Å². The molecule has 3 heteroatoms. The van der Waals surface area contributed by atoms with Crippen LogP contribution < -0.4 is 0 Å². The van der Waals surface area contributed by atoms with E-state index < -0.39 is 12.6 Å². The van der Waals surface area contributed by atoms with Crippen LogP contribution in [-0.4, -0.2) is 22.8 Å². The molecule has 0 aliphatic heterocycles. The molecule has 0 aromatic carbocycles. The topological polar surface area (TPSA) is 57.5 Å². The van der Waals surface area contributed by atoms with Crippen molar-refractivity contribution >= 4 is 5.97 Å². The summed E-state index contributed by atoms with van der Waals surface area (Å²) in [7, 11) is 0. The van der Waals surface area contributed by atoms with E-state index in [-0.39, 0.29) is 14.9 Å². The van der Waals surface area contributed by atoms with Crippen LogP contribution in [0.4, 0.5) is 0 Å². The van der Waals surface area contributed by atoms with E-state index in [0.29, 0.717) is 0 Å². The Bertz CT molecular complexity index is 42.2. The van der Waals surface area contributed by atoms with Crippen LogP contribution in [0.5, 0.6) is 0 Å². The molecule has 0 spiro atoms. The number of carboxylic acids is 1. The zero-order valence-corrected chi connectivity index (χ0v) is 2.51. The fourth-order valence-corrected chi connectivity index (χ4v) is 0. The second-order valence-corrected chi connectivity index (χ2v) is 0.552. The van der Waals surface area contributed by atoms with Crippen LogP contribution in [0.25, 0.3) is 0 Å². The summed E-state index contributed by atoms with van der Waals surface area (Å²) in [5.41, 5.74) is 0. The van der Waals surface area contributed by atoms with Crippen molar-refractivity contribution in [3.63, 3.8) is 0 Å². The third kappa shape index (κ3) is 31.2. The normalized spacial score (nSPS) is 5.29. The third-order valence-electron chi connectivity index (χ3n) is 0.135. The van der Waals surface area contributed by atoms with Crippen molar-refractivity contribution in [3.8, 4) is 0 Å². The maximum atomic E-state index is 9.12. The van der Waals surface area contributed by atoms with Gasteiger partial charge in [0.1, 0.15) is 6.61 Å². The Morgan fingerprint density at radius 1 is 1.43 bits per heavy atom. The summed E-state index contributed by atoms with van der Waals surface area (Å²) in [6.45, 7) is -0.778. The van der Waals surface area contributed by atoms with Gasteiger partial charge in [-0.15, -0.1) is 0 Å². The van der Waals surface area contributed by atoms with Gasteiger partial charge < -0.3 is 10.2 Å². The van der Waals surface area contributed by atoms with Crippen molar-refractivity contribution in [1.29, 1.82) is 0 Å². The molecule has 46 valence electrons. The number of aliphatic hydroxyl groups is 1. The molecule has 0 unspecified atom stereocenters. The minimum atomic E-state index is -1.19. The van der Waals surface area contributed by atoms with Gasteiger partial charge in [-0.05, 0) is 0 Å². The van der Waals surface area contributed by atoms with Crippen molar-refractivity contribution in [2.24, 2.45) is 0 Å². The fraction of sp³-hybridized carbons (Fsp3) is 0.750. The van der Waals surface area contributed by atoms with Crippen LogP contribution in [0.1, 0.15) is 14.9 Å². The van der Waals surface area contributed by atoms with E-state index in [9.17, 15) is 0 Å². The minimum absolute atomic E-state index is 0. The predicted molar refractivity (Wildman–Crippen MR) is 28.2 cm³/mol. The Morgan fingerprint density at radius 2 is 1.57 bits per heavy atom. The van der Waals surface area contributed by atoms with Crippen LogP contribution >= 0.6 is 0 Å². The monoisotopic (exact) mass is 108 g/mol. The Kier molecular flexibility index (Phi) is 20.9. The second kappa shape index (κ2) is 9.06. The van der Waals surface area contributed by atoms with Gasteiger partial charge in [-0.3, -0.25) is 0 Å². The Labute approximate surface area is 43.6 Å². The van der Waals surface area contributed by atoms with Crippen LogP contribution in [0, 0.1) is 0 Å². The summed E-state index contributed by atoms with van der Waals surface area (Å²) in [6, 6.07) is 0. The van der Waals surface area contributed by atoms with E-state index in [4.69, 9.17) is 15.0 Å². The van der Waals surface area contributed by atoms with E-state index in [0.717, 1.165) is 0 Å². The molecule has 0 aliphatic carbocycles. The molecule has 0 radical (unpaired) electrons. The molecule has 0 saturated carbocycles. The van der Waals surface area contributed by atoms with Gasteiger partial charge in [-0.1, -0.05) is 14.9 Å². The number of carbonyl (C=O) groups is 1. The van der Waals surface area contributed by atoms with Crippen LogP contribution in [-0.2, 0) is 4.79 Å². The van der Waals surface area contributed by atoms with E-state index in [2.05, 4.69) is 0 Å². The third-order valence-corrected chi connectivity index (χ3v) is 0.135. The highest BCUT2D eigenvalue weighted by molar-refractivity contribution is 5.67. The molecule has 0 aromatic heterocycles. The zero-order chi connectivity index (χ0) is 4.28. The summed E-state index contributed by atoms with van der Waals surface area (Å²) in [5, 5.41) is 15.0. The fourth-order valence-electron chi connectivity index (χ4n) is 0. The number of aliphatic carboxylic acids is 1. The lowest BCUT2D eigenvalue weighted by Gasteiger charge is -1.72. The summed E-state index contributed by atoms with van der Waals surface area (Å²) < 4.78 is 0. The first-order valence-electron chi connectivity index (χ1n) is 1.10. The lowest BCUT2D eigenvalue weighted by Crippen LogP contribution is -1.98. The predicted octanol–water partition coefficient (Wildman–Crippen LogP) is 0.335. The Hall–Kier alpha value is -0.570. The number of hydrogen-bond donors (Lipinski definition) is 2. The number of hydrogen-bond acceptors (Lipinski definition) is 2. The van der Waals surface area contributed by atoms with Gasteiger partial charge in [0.15, 0.2) is 0 Å². The molecule has 0 aromatic rings. The zero-order valence-electron chi connectivity index (χ0n) is 2.51. The van der Waals surface area contributed by atoms with Crippen LogP contribution in [0.15, 0.2) is 0 Å². The Morgan fingerprint density at radius 3 is 1.57 bits per heavy atom. The number of aliphatic hydroxyl groups excluding tert-OH is 1. The standard InChI is InChI=1S/C2H4O3.2CH4/c3-1-2(4)5;;/h3H,1H2,(H,4,5);2*1H4. The summed E-state index contributed by atoms with van der Waals surface area (Å²) in [5.74, 6) is -1.19. The molecule has 0 amide bonds. The quantitative estimate of drug-likeness (QED) is 0.509. The number of carboxylic acid groups (broad SMARTS) is 1. The largest absolute Gasteiger partial charge is 0.480 e. The first-order chi connectivity index (χ1) is 2.27. The van der Waals surface area contributed by atoms with Crippen molar-refractivity contribution < 1.29 is 15.0 Å². The second-order valence-electron chi connectivity index (χ2n) is 0.552.